The van der Waals surface area contributed by atoms with E-state index >= 15 is 0 Å². The number of benzene rings is 2. The van der Waals surface area contributed by atoms with Crippen LogP contribution in [0.5, 0.6) is 5.75 Å². The highest BCUT2D eigenvalue weighted by molar-refractivity contribution is 6.31. The lowest BCUT2D eigenvalue weighted by atomic mass is 9.81. The Kier molecular flexibility index (Phi) is 4.74. The first kappa shape index (κ1) is 21.2. The van der Waals surface area contributed by atoms with Gasteiger partial charge in [0.15, 0.2) is 11.4 Å². The first-order chi connectivity index (χ1) is 16.5. The summed E-state index contributed by atoms with van der Waals surface area (Å²) in [5.41, 5.74) is 3.08. The minimum Gasteiger partial charge on any atom is -0.502 e. The molecule has 1 N–H and O–H groups in total. The zero-order valence-corrected chi connectivity index (χ0v) is 19.1. The van der Waals surface area contributed by atoms with E-state index in [1.807, 2.05) is 24.3 Å². The maximum absolute atomic E-state index is 13.3. The quantitative estimate of drug-likeness (QED) is 0.621. The monoisotopic (exact) mass is 479 g/mol. The molecule has 0 spiro atoms. The second kappa shape index (κ2) is 7.60. The van der Waals surface area contributed by atoms with E-state index in [1.54, 1.807) is 10.9 Å². The van der Waals surface area contributed by atoms with E-state index in [2.05, 4.69) is 23.2 Å². The molecule has 0 bridgehead atoms. The molecule has 3 aromatic rings. The van der Waals surface area contributed by atoms with Crippen molar-refractivity contribution in [2.24, 2.45) is 5.92 Å². The third-order valence-electron chi connectivity index (χ3n) is 7.54. The maximum Gasteiger partial charge on any atom is 0.277 e. The Hall–Kier alpha value is -3.32. The van der Waals surface area contributed by atoms with Gasteiger partial charge in [0, 0.05) is 29.7 Å². The fourth-order valence-corrected chi connectivity index (χ4v) is 6.46. The predicted molar refractivity (Wildman–Crippen MR) is 127 cm³/mol. The Bertz CT molecular complexity index is 1390. The summed E-state index contributed by atoms with van der Waals surface area (Å²) >= 11 is 6.66. The summed E-state index contributed by atoms with van der Waals surface area (Å²) in [7, 11) is 0. The van der Waals surface area contributed by atoms with Gasteiger partial charge in [0.05, 0.1) is 6.67 Å². The maximum atomic E-state index is 13.3. The molecule has 2 atom stereocenters. The van der Waals surface area contributed by atoms with Gasteiger partial charge in [-0.25, -0.2) is 0 Å². The number of carbonyl (C=O) groups is 1. The summed E-state index contributed by atoms with van der Waals surface area (Å²) in [6.07, 6.45) is 3.32. The van der Waals surface area contributed by atoms with E-state index in [4.69, 9.17) is 11.6 Å². The van der Waals surface area contributed by atoms with Crippen LogP contribution in [0.25, 0.3) is 0 Å². The standard InChI is InChI=1S/C26H23ClFN3O3/c27-21-8-3-7-20-18(21)14-17-13-16-5-1-2-6-19(16)26(17,20)31-15-29(11-4-10-28)25(34)23-24(33)22(32)9-12-30(23)31/h1-3,5-9,12,17,33H,4,10-11,13-15H2. The average molecular weight is 480 g/mol. The van der Waals surface area contributed by atoms with Crippen LogP contribution in [0.15, 0.2) is 59.5 Å². The van der Waals surface area contributed by atoms with Crippen LogP contribution >= 0.6 is 11.6 Å². The summed E-state index contributed by atoms with van der Waals surface area (Å²) in [5.74, 6) is -0.945. The zero-order chi connectivity index (χ0) is 23.6. The number of hydrogen-bond acceptors (Lipinski definition) is 4. The Balaban J connectivity index is 1.66. The van der Waals surface area contributed by atoms with Crippen molar-refractivity contribution in [1.82, 2.24) is 9.58 Å². The number of hydrogen-bond donors (Lipinski definition) is 1. The fourth-order valence-electron chi connectivity index (χ4n) is 6.21. The van der Waals surface area contributed by atoms with Crippen molar-refractivity contribution in [2.75, 3.05) is 24.9 Å². The number of aromatic hydroxyl groups is 1. The van der Waals surface area contributed by atoms with Crippen LogP contribution in [-0.2, 0) is 18.4 Å². The van der Waals surface area contributed by atoms with Gasteiger partial charge in [-0.1, -0.05) is 48.0 Å². The van der Waals surface area contributed by atoms with E-state index in [9.17, 15) is 19.1 Å². The number of rotatable bonds is 4. The van der Waals surface area contributed by atoms with Gasteiger partial charge in [-0.15, -0.1) is 0 Å². The van der Waals surface area contributed by atoms with Crippen LogP contribution in [0.2, 0.25) is 5.02 Å². The van der Waals surface area contributed by atoms with Crippen LogP contribution in [0.4, 0.5) is 4.39 Å². The van der Waals surface area contributed by atoms with Crippen LogP contribution in [0, 0.1) is 5.92 Å². The minimum absolute atomic E-state index is 0.0920. The number of aromatic nitrogens is 1. The molecule has 2 aromatic carbocycles. The highest BCUT2D eigenvalue weighted by atomic mass is 35.5. The van der Waals surface area contributed by atoms with Crippen LogP contribution in [0.3, 0.4) is 0 Å². The van der Waals surface area contributed by atoms with Gasteiger partial charge in [-0.3, -0.25) is 23.7 Å². The number of pyridine rings is 1. The van der Waals surface area contributed by atoms with Crippen LogP contribution in [-0.4, -0.2) is 40.5 Å². The number of amides is 1. The number of alkyl halides is 1. The van der Waals surface area contributed by atoms with E-state index in [0.717, 1.165) is 29.5 Å². The molecular formula is C26H23ClFN3O3. The first-order valence-corrected chi connectivity index (χ1v) is 11.8. The molecule has 2 aliphatic carbocycles. The lowest BCUT2D eigenvalue weighted by Crippen LogP contribution is -2.63. The van der Waals surface area contributed by atoms with Gasteiger partial charge >= 0.3 is 0 Å². The molecule has 3 aliphatic rings. The summed E-state index contributed by atoms with van der Waals surface area (Å²) in [6, 6.07) is 15.4. The normalized spacial score (nSPS) is 22.4. The molecule has 34 heavy (non-hydrogen) atoms. The van der Waals surface area contributed by atoms with Gasteiger partial charge < -0.3 is 10.0 Å². The van der Waals surface area contributed by atoms with E-state index in [-0.39, 0.29) is 31.2 Å². The largest absolute Gasteiger partial charge is 0.502 e. The highest BCUT2D eigenvalue weighted by Crippen LogP contribution is 2.57. The van der Waals surface area contributed by atoms with Crippen LogP contribution in [0.1, 0.15) is 39.2 Å². The van der Waals surface area contributed by atoms with Crippen molar-refractivity contribution in [3.8, 4) is 5.75 Å². The van der Waals surface area contributed by atoms with Crippen molar-refractivity contribution in [3.63, 3.8) is 0 Å². The molecule has 8 heteroatoms. The highest BCUT2D eigenvalue weighted by Gasteiger charge is 2.59. The Morgan fingerprint density at radius 2 is 1.85 bits per heavy atom. The molecule has 174 valence electrons. The van der Waals surface area contributed by atoms with Gasteiger partial charge in [0.2, 0.25) is 5.43 Å². The molecule has 6 nitrogen and oxygen atoms in total. The lowest BCUT2D eigenvalue weighted by molar-refractivity contribution is 0.0641. The molecular weight excluding hydrogens is 457 g/mol. The fraction of sp³-hybridized carbons (Fsp3) is 0.308. The van der Waals surface area contributed by atoms with Crippen molar-refractivity contribution >= 4 is 17.5 Å². The molecule has 0 saturated heterocycles. The summed E-state index contributed by atoms with van der Waals surface area (Å²) in [4.78, 5) is 27.2. The summed E-state index contributed by atoms with van der Waals surface area (Å²) in [6.45, 7) is -0.198. The van der Waals surface area contributed by atoms with Gasteiger partial charge in [-0.05, 0) is 47.6 Å². The minimum atomic E-state index is -0.665. The second-order valence-corrected chi connectivity index (χ2v) is 9.58. The Morgan fingerprint density at radius 3 is 2.68 bits per heavy atom. The SMILES string of the molecule is O=C1c2c(O)c(=O)ccn2N(C23c4ccccc4CC2Cc2c(Cl)cccc23)CN1CCCF. The van der Waals surface area contributed by atoms with E-state index < -0.39 is 29.3 Å². The smallest absolute Gasteiger partial charge is 0.277 e. The molecule has 6 rings (SSSR count). The molecule has 1 aromatic heterocycles. The van der Waals surface area contributed by atoms with E-state index in [0.29, 0.717) is 5.02 Å². The summed E-state index contributed by atoms with van der Waals surface area (Å²) in [5, 5.41) is 13.4. The first-order valence-electron chi connectivity index (χ1n) is 11.4. The third-order valence-corrected chi connectivity index (χ3v) is 7.90. The molecule has 1 amide bonds. The molecule has 0 radical (unpaired) electrons. The lowest BCUT2D eigenvalue weighted by Gasteiger charge is -2.50. The number of fused-ring (bicyclic) bond motifs is 6. The number of nitrogens with zero attached hydrogens (tertiary/aromatic N) is 3. The molecule has 0 fully saturated rings. The Labute approximate surface area is 200 Å². The summed E-state index contributed by atoms with van der Waals surface area (Å²) < 4.78 is 14.7. The van der Waals surface area contributed by atoms with Crippen molar-refractivity contribution in [3.05, 3.63) is 97.9 Å². The molecule has 0 saturated carbocycles. The topological polar surface area (TPSA) is 65.8 Å². The van der Waals surface area contributed by atoms with Crippen LogP contribution < -0.4 is 10.4 Å². The predicted octanol–water partition coefficient (Wildman–Crippen LogP) is 3.59. The van der Waals surface area contributed by atoms with Gasteiger partial charge in [0.1, 0.15) is 12.2 Å². The average Bonchev–Trinajstić information content (AvgIpc) is 3.33. The molecule has 2 heterocycles. The van der Waals surface area contributed by atoms with Gasteiger partial charge in [0.25, 0.3) is 5.91 Å². The third kappa shape index (κ3) is 2.67. The van der Waals surface area contributed by atoms with Crippen molar-refractivity contribution in [2.45, 2.75) is 24.8 Å². The second-order valence-electron chi connectivity index (χ2n) is 9.17. The number of carbonyl (C=O) groups excluding carboxylic acids is 1. The van der Waals surface area contributed by atoms with Gasteiger partial charge in [-0.2, -0.15) is 0 Å². The van der Waals surface area contributed by atoms with Crippen molar-refractivity contribution in [1.29, 1.82) is 0 Å². The van der Waals surface area contributed by atoms with Crippen molar-refractivity contribution < 1.29 is 14.3 Å². The number of halogens is 2. The molecule has 1 aliphatic heterocycles. The van der Waals surface area contributed by atoms with E-state index in [1.165, 1.54) is 16.5 Å². The molecule has 2 unspecified atom stereocenters. The zero-order valence-electron chi connectivity index (χ0n) is 18.4. The Morgan fingerprint density at radius 1 is 1.06 bits per heavy atom.